The molecule has 2 nitrogen and oxygen atoms in total. The van der Waals surface area contributed by atoms with E-state index in [4.69, 9.17) is 4.74 Å². The monoisotopic (exact) mass is 255 g/mol. The number of hydrogen-bond acceptors (Lipinski definition) is 2. The van der Waals surface area contributed by atoms with Crippen molar-refractivity contribution in [3.8, 4) is 0 Å². The van der Waals surface area contributed by atoms with Gasteiger partial charge in [0.1, 0.15) is 0 Å². The highest BCUT2D eigenvalue weighted by atomic mass is 127. The standard InChI is InChI=1S/C7H14INO/c1-9(4-3-8)7-2-5-10-6-7/h7H,2-6H2,1H3. The number of alkyl halides is 1. The lowest BCUT2D eigenvalue weighted by Crippen LogP contribution is -2.33. The van der Waals surface area contributed by atoms with Crippen molar-refractivity contribution in [1.29, 1.82) is 0 Å². The smallest absolute Gasteiger partial charge is 0.0622 e. The number of nitrogens with zero attached hydrogens (tertiary/aromatic N) is 1. The highest BCUT2D eigenvalue weighted by Crippen LogP contribution is 2.09. The fourth-order valence-corrected chi connectivity index (χ4v) is 1.95. The van der Waals surface area contributed by atoms with E-state index in [0.29, 0.717) is 6.04 Å². The molecule has 0 N–H and O–H groups in total. The highest BCUT2D eigenvalue weighted by Gasteiger charge is 2.18. The first-order valence-electron chi connectivity index (χ1n) is 3.68. The molecule has 1 unspecified atom stereocenters. The number of halogens is 1. The third kappa shape index (κ3) is 2.36. The summed E-state index contributed by atoms with van der Waals surface area (Å²) in [7, 11) is 2.18. The van der Waals surface area contributed by atoms with Gasteiger partial charge < -0.3 is 9.64 Å². The van der Waals surface area contributed by atoms with Gasteiger partial charge in [0.05, 0.1) is 6.61 Å². The molecule has 0 bridgehead atoms. The molecule has 0 radical (unpaired) electrons. The molecule has 0 aliphatic carbocycles. The van der Waals surface area contributed by atoms with Crippen molar-refractivity contribution in [3.05, 3.63) is 0 Å². The summed E-state index contributed by atoms with van der Waals surface area (Å²) in [4.78, 5) is 2.39. The van der Waals surface area contributed by atoms with E-state index in [1.54, 1.807) is 0 Å². The van der Waals surface area contributed by atoms with Gasteiger partial charge in [0.25, 0.3) is 0 Å². The number of ether oxygens (including phenoxy) is 1. The average Bonchev–Trinajstić information content (AvgIpc) is 2.38. The van der Waals surface area contributed by atoms with Crippen LogP contribution in [0.3, 0.4) is 0 Å². The molecule has 1 aliphatic rings. The Morgan fingerprint density at radius 2 is 2.50 bits per heavy atom. The Morgan fingerprint density at radius 3 is 3.00 bits per heavy atom. The van der Waals surface area contributed by atoms with Gasteiger partial charge in [-0.25, -0.2) is 0 Å². The third-order valence-corrected chi connectivity index (χ3v) is 2.45. The second kappa shape index (κ2) is 4.51. The molecule has 0 aromatic carbocycles. The summed E-state index contributed by atoms with van der Waals surface area (Å²) in [5.74, 6) is 0. The van der Waals surface area contributed by atoms with Crippen molar-refractivity contribution >= 4 is 22.6 Å². The molecule has 1 atom stereocenters. The lowest BCUT2D eigenvalue weighted by atomic mass is 10.2. The zero-order valence-corrected chi connectivity index (χ0v) is 8.50. The second-order valence-corrected chi connectivity index (χ2v) is 3.77. The van der Waals surface area contributed by atoms with Crippen molar-refractivity contribution in [3.63, 3.8) is 0 Å². The van der Waals surface area contributed by atoms with E-state index >= 15 is 0 Å². The van der Waals surface area contributed by atoms with Gasteiger partial charge in [-0.15, -0.1) is 0 Å². The fourth-order valence-electron chi connectivity index (χ4n) is 1.19. The van der Waals surface area contributed by atoms with Crippen LogP contribution in [0.15, 0.2) is 0 Å². The Kier molecular flexibility index (Phi) is 3.95. The van der Waals surface area contributed by atoms with Crippen LogP contribution in [0.4, 0.5) is 0 Å². The lowest BCUT2D eigenvalue weighted by Gasteiger charge is -2.21. The highest BCUT2D eigenvalue weighted by molar-refractivity contribution is 14.1. The van der Waals surface area contributed by atoms with Crippen LogP contribution in [0.5, 0.6) is 0 Å². The number of rotatable bonds is 3. The van der Waals surface area contributed by atoms with Crippen LogP contribution in [0.25, 0.3) is 0 Å². The molecule has 0 amide bonds. The van der Waals surface area contributed by atoms with Crippen molar-refractivity contribution in [2.24, 2.45) is 0 Å². The molecule has 1 aliphatic heterocycles. The average molecular weight is 255 g/mol. The molecule has 1 rings (SSSR count). The van der Waals surface area contributed by atoms with Crippen molar-refractivity contribution < 1.29 is 4.74 Å². The van der Waals surface area contributed by atoms with Gasteiger partial charge in [-0.1, -0.05) is 22.6 Å². The minimum absolute atomic E-state index is 0.690. The van der Waals surface area contributed by atoms with Crippen LogP contribution >= 0.6 is 22.6 Å². The van der Waals surface area contributed by atoms with E-state index < -0.39 is 0 Å². The largest absolute Gasteiger partial charge is 0.380 e. The topological polar surface area (TPSA) is 12.5 Å². The predicted molar refractivity (Wildman–Crippen MR) is 50.7 cm³/mol. The SMILES string of the molecule is CN(CCI)C1CCOC1. The Balaban J connectivity index is 2.18. The fraction of sp³-hybridized carbons (Fsp3) is 1.00. The van der Waals surface area contributed by atoms with E-state index in [1.807, 2.05) is 0 Å². The second-order valence-electron chi connectivity index (χ2n) is 2.69. The van der Waals surface area contributed by atoms with Crippen molar-refractivity contribution in [2.75, 3.05) is 31.2 Å². The number of hydrogen-bond donors (Lipinski definition) is 0. The summed E-state index contributed by atoms with van der Waals surface area (Å²) in [5.41, 5.74) is 0. The summed E-state index contributed by atoms with van der Waals surface area (Å²) in [6, 6.07) is 0.690. The minimum atomic E-state index is 0.690. The maximum absolute atomic E-state index is 5.28. The third-order valence-electron chi connectivity index (χ3n) is 1.97. The Bertz CT molecular complexity index is 93.6. The quantitative estimate of drug-likeness (QED) is 0.554. The predicted octanol–water partition coefficient (Wildman–Crippen LogP) is 1.14. The van der Waals surface area contributed by atoms with Gasteiger partial charge in [-0.2, -0.15) is 0 Å². The van der Waals surface area contributed by atoms with E-state index in [-0.39, 0.29) is 0 Å². The summed E-state index contributed by atoms with van der Waals surface area (Å²) >= 11 is 2.41. The van der Waals surface area contributed by atoms with Gasteiger partial charge in [0.15, 0.2) is 0 Å². The maximum Gasteiger partial charge on any atom is 0.0622 e. The zero-order chi connectivity index (χ0) is 7.40. The Morgan fingerprint density at radius 1 is 1.70 bits per heavy atom. The first-order chi connectivity index (χ1) is 4.84. The number of likely N-dealkylation sites (N-methyl/N-ethyl adjacent to an activating group) is 1. The molecule has 1 saturated heterocycles. The van der Waals surface area contributed by atoms with Gasteiger partial charge >= 0.3 is 0 Å². The van der Waals surface area contributed by atoms with E-state index in [2.05, 4.69) is 34.5 Å². The first kappa shape index (κ1) is 8.74. The van der Waals surface area contributed by atoms with Gasteiger partial charge in [0.2, 0.25) is 0 Å². The zero-order valence-electron chi connectivity index (χ0n) is 6.35. The molecule has 0 saturated carbocycles. The molecule has 10 heavy (non-hydrogen) atoms. The molecule has 60 valence electrons. The minimum Gasteiger partial charge on any atom is -0.380 e. The van der Waals surface area contributed by atoms with Gasteiger partial charge in [-0.05, 0) is 13.5 Å². The normalized spacial score (nSPS) is 26.1. The molecule has 0 aromatic rings. The molecule has 3 heteroatoms. The molecule has 0 aromatic heterocycles. The summed E-state index contributed by atoms with van der Waals surface area (Å²) in [6.07, 6.45) is 1.22. The van der Waals surface area contributed by atoms with Gasteiger partial charge in [-0.3, -0.25) is 0 Å². The Hall–Kier alpha value is 0.650. The summed E-state index contributed by atoms with van der Waals surface area (Å²) in [5, 5.41) is 0. The molecular formula is C7H14INO. The van der Waals surface area contributed by atoms with Gasteiger partial charge in [0, 0.05) is 23.6 Å². The molecule has 1 fully saturated rings. The first-order valence-corrected chi connectivity index (χ1v) is 5.21. The lowest BCUT2D eigenvalue weighted by molar-refractivity contribution is 0.163. The van der Waals surface area contributed by atoms with Crippen molar-refractivity contribution in [2.45, 2.75) is 12.5 Å². The molecule has 0 spiro atoms. The molecular weight excluding hydrogens is 241 g/mol. The van der Waals surface area contributed by atoms with E-state index in [0.717, 1.165) is 13.2 Å². The van der Waals surface area contributed by atoms with E-state index in [1.165, 1.54) is 17.4 Å². The Labute approximate surface area is 76.1 Å². The van der Waals surface area contributed by atoms with Crippen LogP contribution in [-0.2, 0) is 4.74 Å². The van der Waals surface area contributed by atoms with Crippen LogP contribution in [-0.4, -0.2) is 42.2 Å². The summed E-state index contributed by atoms with van der Waals surface area (Å²) < 4.78 is 6.49. The van der Waals surface area contributed by atoms with Crippen LogP contribution in [0, 0.1) is 0 Å². The molecule has 1 heterocycles. The van der Waals surface area contributed by atoms with Crippen LogP contribution in [0.1, 0.15) is 6.42 Å². The van der Waals surface area contributed by atoms with E-state index in [9.17, 15) is 0 Å². The summed E-state index contributed by atoms with van der Waals surface area (Å²) in [6.45, 7) is 3.08. The van der Waals surface area contributed by atoms with Crippen LogP contribution in [0.2, 0.25) is 0 Å². The maximum atomic E-state index is 5.28. The van der Waals surface area contributed by atoms with Crippen molar-refractivity contribution in [1.82, 2.24) is 4.90 Å². The van der Waals surface area contributed by atoms with Crippen LogP contribution < -0.4 is 0 Å².